The molecule has 0 unspecified atom stereocenters. The van der Waals surface area contributed by atoms with Gasteiger partial charge in [-0.25, -0.2) is 12.8 Å². The molecule has 14 heteroatoms. The number of halogens is 4. The molecule has 2 N–H and O–H groups in total. The lowest BCUT2D eigenvalue weighted by molar-refractivity contribution is -0.114. The van der Waals surface area contributed by atoms with E-state index in [0.29, 0.717) is 29.1 Å². The van der Waals surface area contributed by atoms with E-state index in [1.807, 2.05) is 30.3 Å². The third kappa shape index (κ3) is 8.94. The Balaban J connectivity index is 1.31. The van der Waals surface area contributed by atoms with Crippen molar-refractivity contribution in [1.29, 1.82) is 0 Å². The lowest BCUT2D eigenvalue weighted by Crippen LogP contribution is -2.32. The van der Waals surface area contributed by atoms with Crippen LogP contribution in [-0.4, -0.2) is 51.1 Å². The first-order valence-electron chi connectivity index (χ1n) is 15.1. The molecule has 260 valence electrons. The predicted molar refractivity (Wildman–Crippen MR) is 190 cm³/mol. The van der Waals surface area contributed by atoms with Gasteiger partial charge in [-0.05, 0) is 41.5 Å². The normalized spacial score (nSPS) is 12.4. The minimum Gasteiger partial charge on any atom is -0.453 e. The maximum atomic E-state index is 15.3. The number of alkyl halides is 3. The fourth-order valence-corrected chi connectivity index (χ4v) is 6.58. The highest BCUT2D eigenvalue weighted by atomic mass is 32.2. The standard InChI is InChI=1S/C36H32F4N4O4S2/c1-4-27(34(36(38,39)40)44(2)26-8-6-5-7-9-26)35(45)43-25-14-15-30(28(37)20-25)48-31-16-17-42-29-21-32(49-33(29)31)24-12-10-23(11-13-24)22-41-18-19-50(3,46)47/h4-17,20-21,41H,1,18-19,22H2,2-3H3,(H,43,45)/b34-27+. The summed E-state index contributed by atoms with van der Waals surface area (Å²) in [7, 11) is -1.85. The number of thiophene rings is 1. The van der Waals surface area contributed by atoms with Gasteiger partial charge < -0.3 is 20.3 Å². The fraction of sp³-hybridized carbons (Fsp3) is 0.167. The molecule has 0 aliphatic rings. The van der Waals surface area contributed by atoms with Crippen molar-refractivity contribution in [1.82, 2.24) is 10.3 Å². The monoisotopic (exact) mass is 724 g/mol. The second kappa shape index (κ2) is 15.2. The summed E-state index contributed by atoms with van der Waals surface area (Å²) in [6, 6.07) is 22.5. The summed E-state index contributed by atoms with van der Waals surface area (Å²) in [5.74, 6) is -1.75. The van der Waals surface area contributed by atoms with Crippen molar-refractivity contribution in [3.63, 3.8) is 0 Å². The molecule has 5 rings (SSSR count). The van der Waals surface area contributed by atoms with Crippen LogP contribution in [0.1, 0.15) is 5.56 Å². The number of nitrogens with zero attached hydrogens (tertiary/aromatic N) is 2. The van der Waals surface area contributed by atoms with E-state index in [1.54, 1.807) is 24.3 Å². The summed E-state index contributed by atoms with van der Waals surface area (Å²) in [4.78, 5) is 19.2. The first-order valence-corrected chi connectivity index (χ1v) is 18.0. The van der Waals surface area contributed by atoms with Gasteiger partial charge in [0.15, 0.2) is 11.6 Å². The Morgan fingerprint density at radius 1 is 1.02 bits per heavy atom. The Kier molecular flexibility index (Phi) is 11.0. The molecular formula is C36H32F4N4O4S2. The van der Waals surface area contributed by atoms with Crippen molar-refractivity contribution in [2.24, 2.45) is 0 Å². The molecule has 50 heavy (non-hydrogen) atoms. The second-order valence-corrected chi connectivity index (χ2v) is 14.5. The Hall–Kier alpha value is -5.05. The number of allylic oxidation sites excluding steroid dienone is 1. The third-order valence-corrected chi connectivity index (χ3v) is 9.59. The quantitative estimate of drug-likeness (QED) is 0.0548. The number of fused-ring (bicyclic) bond motifs is 1. The smallest absolute Gasteiger partial charge is 0.432 e. The van der Waals surface area contributed by atoms with Crippen LogP contribution >= 0.6 is 11.3 Å². The SMILES string of the molecule is C=C/C(C(=O)Nc1ccc(Oc2ccnc3cc(-c4ccc(CNCCS(C)(=O)=O)cc4)sc23)c(F)c1)=C(\N(C)c1ccccc1)C(F)(F)F. The number of carbonyl (C=O) groups is 1. The number of carbonyl (C=O) groups excluding carboxylic acids is 1. The highest BCUT2D eigenvalue weighted by molar-refractivity contribution is 7.90. The molecule has 5 aromatic rings. The predicted octanol–water partition coefficient (Wildman–Crippen LogP) is 8.11. The second-order valence-electron chi connectivity index (χ2n) is 11.2. The van der Waals surface area contributed by atoms with Gasteiger partial charge in [0.05, 0.1) is 21.5 Å². The maximum Gasteiger partial charge on any atom is 0.432 e. The lowest BCUT2D eigenvalue weighted by Gasteiger charge is -2.26. The Morgan fingerprint density at radius 2 is 1.74 bits per heavy atom. The fourth-order valence-electron chi connectivity index (χ4n) is 4.99. The van der Waals surface area contributed by atoms with Gasteiger partial charge in [-0.2, -0.15) is 13.2 Å². The van der Waals surface area contributed by atoms with Crippen molar-refractivity contribution in [3.05, 3.63) is 126 Å². The van der Waals surface area contributed by atoms with Gasteiger partial charge in [0.2, 0.25) is 0 Å². The van der Waals surface area contributed by atoms with Crippen LogP contribution in [0.4, 0.5) is 28.9 Å². The first kappa shape index (κ1) is 36.2. The summed E-state index contributed by atoms with van der Waals surface area (Å²) >= 11 is 1.40. The molecule has 0 radical (unpaired) electrons. The number of rotatable bonds is 13. The van der Waals surface area contributed by atoms with Gasteiger partial charge in [0.25, 0.3) is 5.91 Å². The average molecular weight is 725 g/mol. The highest BCUT2D eigenvalue weighted by Gasteiger charge is 2.40. The van der Waals surface area contributed by atoms with E-state index in [0.717, 1.165) is 33.0 Å². The Morgan fingerprint density at radius 3 is 2.38 bits per heavy atom. The number of benzene rings is 3. The highest BCUT2D eigenvalue weighted by Crippen LogP contribution is 2.40. The molecule has 1 amide bonds. The zero-order valence-corrected chi connectivity index (χ0v) is 28.6. The van der Waals surface area contributed by atoms with E-state index >= 15 is 4.39 Å². The first-order chi connectivity index (χ1) is 23.7. The molecule has 8 nitrogen and oxygen atoms in total. The average Bonchev–Trinajstić information content (AvgIpc) is 3.51. The minimum atomic E-state index is -4.91. The van der Waals surface area contributed by atoms with Crippen molar-refractivity contribution >= 4 is 48.7 Å². The van der Waals surface area contributed by atoms with Crippen molar-refractivity contribution in [3.8, 4) is 21.9 Å². The molecule has 0 fully saturated rings. The molecule has 0 atom stereocenters. The van der Waals surface area contributed by atoms with Gasteiger partial charge in [-0.15, -0.1) is 11.3 Å². The molecule has 0 saturated heterocycles. The zero-order valence-electron chi connectivity index (χ0n) is 26.9. The number of ether oxygens (including phenoxy) is 1. The van der Waals surface area contributed by atoms with Crippen LogP contribution in [-0.2, 0) is 21.2 Å². The van der Waals surface area contributed by atoms with Crippen LogP contribution in [0.3, 0.4) is 0 Å². The number of sulfone groups is 1. The molecule has 2 aromatic heterocycles. The summed E-state index contributed by atoms with van der Waals surface area (Å²) in [5, 5.41) is 5.44. The molecule has 0 saturated carbocycles. The van der Waals surface area contributed by atoms with E-state index in [1.165, 1.54) is 55.1 Å². The molecule has 0 aliphatic heterocycles. The molecule has 0 bridgehead atoms. The van der Waals surface area contributed by atoms with Gasteiger partial charge >= 0.3 is 6.18 Å². The van der Waals surface area contributed by atoms with Crippen LogP contribution in [0.5, 0.6) is 11.5 Å². The van der Waals surface area contributed by atoms with Gasteiger partial charge in [0, 0.05) is 61.0 Å². The number of para-hydroxylation sites is 1. The number of hydrogen-bond donors (Lipinski definition) is 2. The van der Waals surface area contributed by atoms with Crippen LogP contribution in [0.25, 0.3) is 20.7 Å². The summed E-state index contributed by atoms with van der Waals surface area (Å²) < 4.78 is 87.1. The molecule has 2 heterocycles. The van der Waals surface area contributed by atoms with Crippen molar-refractivity contribution in [2.45, 2.75) is 12.7 Å². The molecular weight excluding hydrogens is 693 g/mol. The summed E-state index contributed by atoms with van der Waals surface area (Å²) in [6.07, 6.45) is -1.37. The Labute approximate surface area is 290 Å². The van der Waals surface area contributed by atoms with Crippen LogP contribution < -0.4 is 20.3 Å². The van der Waals surface area contributed by atoms with Crippen molar-refractivity contribution < 1.29 is 35.5 Å². The van der Waals surface area contributed by atoms with E-state index < -0.39 is 39.0 Å². The molecule has 0 aliphatic carbocycles. The lowest BCUT2D eigenvalue weighted by atomic mass is 10.1. The van der Waals surface area contributed by atoms with Gasteiger partial charge in [-0.3, -0.25) is 9.78 Å². The molecule has 3 aromatic carbocycles. The topological polar surface area (TPSA) is 101 Å². The number of nitrogens with one attached hydrogen (secondary N) is 2. The van der Waals surface area contributed by atoms with Crippen LogP contribution in [0.2, 0.25) is 0 Å². The van der Waals surface area contributed by atoms with E-state index in [-0.39, 0.29) is 22.9 Å². The summed E-state index contributed by atoms with van der Waals surface area (Å²) in [5.41, 5.74) is 0.670. The van der Waals surface area contributed by atoms with Gasteiger partial charge in [-0.1, -0.05) is 55.1 Å². The largest absolute Gasteiger partial charge is 0.453 e. The van der Waals surface area contributed by atoms with Crippen molar-refractivity contribution in [2.75, 3.05) is 35.8 Å². The maximum absolute atomic E-state index is 15.3. The number of pyridine rings is 1. The number of anilines is 2. The summed E-state index contributed by atoms with van der Waals surface area (Å²) in [6.45, 7) is 4.29. The number of aromatic nitrogens is 1. The van der Waals surface area contributed by atoms with E-state index in [4.69, 9.17) is 4.74 Å². The number of hydrogen-bond acceptors (Lipinski definition) is 8. The number of amides is 1. The zero-order chi connectivity index (χ0) is 36.1. The minimum absolute atomic E-state index is 0.0583. The van der Waals surface area contributed by atoms with Crippen LogP contribution in [0, 0.1) is 5.82 Å². The molecule has 0 spiro atoms. The van der Waals surface area contributed by atoms with E-state index in [9.17, 15) is 26.4 Å². The van der Waals surface area contributed by atoms with E-state index in [2.05, 4.69) is 22.2 Å². The van der Waals surface area contributed by atoms with Gasteiger partial charge in [0.1, 0.15) is 21.3 Å². The Bertz CT molecular complexity index is 2150. The third-order valence-electron chi connectivity index (χ3n) is 7.45. The van der Waals surface area contributed by atoms with Crippen LogP contribution in [0.15, 0.2) is 115 Å².